The van der Waals surface area contributed by atoms with Crippen molar-refractivity contribution in [3.8, 4) is 0 Å². The summed E-state index contributed by atoms with van der Waals surface area (Å²) in [4.78, 5) is 51.6. The number of nitro benzene ring substituents is 1. The lowest BCUT2D eigenvalue weighted by molar-refractivity contribution is -0.384. The maximum Gasteiger partial charge on any atom is 0.270 e. The molecule has 0 bridgehead atoms. The van der Waals surface area contributed by atoms with Crippen molar-refractivity contribution in [3.05, 3.63) is 69.5 Å². The van der Waals surface area contributed by atoms with Crippen molar-refractivity contribution in [2.45, 2.75) is 13.0 Å². The Hall–Kier alpha value is -3.62. The van der Waals surface area contributed by atoms with Crippen molar-refractivity contribution in [3.63, 3.8) is 0 Å². The topological polar surface area (TPSA) is 123 Å². The Kier molecular flexibility index (Phi) is 4.70. The Morgan fingerprint density at radius 3 is 2.65 bits per heavy atom. The summed E-state index contributed by atoms with van der Waals surface area (Å²) in [5, 5.41) is 13.5. The van der Waals surface area contributed by atoms with Gasteiger partial charge in [-0.15, -0.1) is 0 Å². The minimum absolute atomic E-state index is 0.0139. The minimum atomic E-state index is -0.632. The van der Waals surface area contributed by atoms with E-state index in [1.54, 1.807) is 18.5 Å². The van der Waals surface area contributed by atoms with Crippen LogP contribution in [0, 0.1) is 10.1 Å². The lowest BCUT2D eigenvalue weighted by Gasteiger charge is -2.13. The van der Waals surface area contributed by atoms with E-state index < -0.39 is 16.7 Å². The SMILES string of the molecule is O=C(CCN1C(=O)c2ccc([N+](=O)[O-])cc2C1=O)NCc1cccnc1. The van der Waals surface area contributed by atoms with Crippen LogP contribution in [0.4, 0.5) is 5.69 Å². The first-order valence-corrected chi connectivity index (χ1v) is 7.77. The van der Waals surface area contributed by atoms with E-state index in [1.807, 2.05) is 6.07 Å². The molecule has 0 saturated heterocycles. The van der Waals surface area contributed by atoms with Crippen LogP contribution in [0.3, 0.4) is 0 Å². The summed E-state index contributed by atoms with van der Waals surface area (Å²) < 4.78 is 0. The zero-order valence-electron chi connectivity index (χ0n) is 13.5. The summed E-state index contributed by atoms with van der Waals surface area (Å²) in [7, 11) is 0. The molecule has 2 aromatic rings. The number of nitrogens with zero attached hydrogens (tertiary/aromatic N) is 3. The average molecular weight is 354 g/mol. The van der Waals surface area contributed by atoms with Gasteiger partial charge in [-0.2, -0.15) is 0 Å². The fourth-order valence-electron chi connectivity index (χ4n) is 2.60. The second-order valence-corrected chi connectivity index (χ2v) is 5.64. The summed E-state index contributed by atoms with van der Waals surface area (Å²) in [5.41, 5.74) is 0.659. The largest absolute Gasteiger partial charge is 0.352 e. The molecule has 0 saturated carbocycles. The van der Waals surface area contributed by atoms with Gasteiger partial charge in [0.1, 0.15) is 0 Å². The first kappa shape index (κ1) is 17.2. The average Bonchev–Trinajstić information content (AvgIpc) is 2.89. The highest BCUT2D eigenvalue weighted by molar-refractivity contribution is 6.21. The van der Waals surface area contributed by atoms with Crippen LogP contribution in [0.2, 0.25) is 0 Å². The first-order chi connectivity index (χ1) is 12.5. The Balaban J connectivity index is 1.60. The molecule has 0 radical (unpaired) electrons. The molecule has 1 N–H and O–H groups in total. The van der Waals surface area contributed by atoms with Gasteiger partial charge in [0.2, 0.25) is 5.91 Å². The number of pyridine rings is 1. The van der Waals surface area contributed by atoms with E-state index >= 15 is 0 Å². The Bertz CT molecular complexity index is 897. The summed E-state index contributed by atoms with van der Waals surface area (Å²) in [6.07, 6.45) is 3.18. The summed E-state index contributed by atoms with van der Waals surface area (Å²) in [6.45, 7) is 0.194. The fraction of sp³-hybridized carbons (Fsp3) is 0.176. The van der Waals surface area contributed by atoms with E-state index in [1.165, 1.54) is 12.1 Å². The van der Waals surface area contributed by atoms with Gasteiger partial charge in [0.25, 0.3) is 17.5 Å². The van der Waals surface area contributed by atoms with Gasteiger partial charge in [0, 0.05) is 44.0 Å². The number of amides is 3. The lowest BCUT2D eigenvalue weighted by atomic mass is 10.1. The summed E-state index contributed by atoms with van der Waals surface area (Å²) in [6, 6.07) is 7.08. The summed E-state index contributed by atoms with van der Waals surface area (Å²) >= 11 is 0. The standard InChI is InChI=1S/C17H14N4O5/c22-15(19-10-11-2-1-6-18-9-11)5-7-20-16(23)13-4-3-12(21(25)26)8-14(13)17(20)24/h1-4,6,8-9H,5,7,10H2,(H,19,22). The maximum atomic E-state index is 12.3. The number of fused-ring (bicyclic) bond motifs is 1. The number of benzene rings is 1. The van der Waals surface area contributed by atoms with Gasteiger partial charge >= 0.3 is 0 Å². The summed E-state index contributed by atoms with van der Waals surface area (Å²) in [5.74, 6) is -1.51. The first-order valence-electron chi connectivity index (χ1n) is 7.77. The number of carbonyl (C=O) groups excluding carboxylic acids is 3. The smallest absolute Gasteiger partial charge is 0.270 e. The molecule has 1 aliphatic heterocycles. The van der Waals surface area contributed by atoms with Crippen LogP contribution in [-0.2, 0) is 11.3 Å². The molecule has 0 aliphatic carbocycles. The van der Waals surface area contributed by atoms with Crippen LogP contribution < -0.4 is 5.32 Å². The Morgan fingerprint density at radius 1 is 1.19 bits per heavy atom. The monoisotopic (exact) mass is 354 g/mol. The van der Waals surface area contributed by atoms with Crippen molar-refractivity contribution in [1.29, 1.82) is 0 Å². The highest BCUT2D eigenvalue weighted by Crippen LogP contribution is 2.26. The molecule has 1 aromatic carbocycles. The normalized spacial score (nSPS) is 12.8. The predicted molar refractivity (Wildman–Crippen MR) is 89.2 cm³/mol. The van der Waals surface area contributed by atoms with Crippen molar-refractivity contribution >= 4 is 23.4 Å². The number of nitro groups is 1. The van der Waals surface area contributed by atoms with E-state index in [9.17, 15) is 24.5 Å². The van der Waals surface area contributed by atoms with Gasteiger partial charge < -0.3 is 5.32 Å². The predicted octanol–water partition coefficient (Wildman–Crippen LogP) is 1.29. The van der Waals surface area contributed by atoms with Crippen molar-refractivity contribution in [2.24, 2.45) is 0 Å². The van der Waals surface area contributed by atoms with Crippen LogP contribution in [0.25, 0.3) is 0 Å². The molecule has 0 atom stereocenters. The van der Waals surface area contributed by atoms with E-state index in [2.05, 4.69) is 10.3 Å². The third kappa shape index (κ3) is 3.41. The molecule has 1 aromatic heterocycles. The number of imide groups is 1. The van der Waals surface area contributed by atoms with Gasteiger partial charge in [-0.25, -0.2) is 0 Å². The molecular formula is C17H14N4O5. The number of aromatic nitrogens is 1. The molecule has 3 rings (SSSR count). The highest BCUT2D eigenvalue weighted by atomic mass is 16.6. The van der Waals surface area contributed by atoms with Crippen LogP contribution in [-0.4, -0.2) is 39.1 Å². The van der Waals surface area contributed by atoms with Crippen molar-refractivity contribution in [1.82, 2.24) is 15.2 Å². The molecule has 9 nitrogen and oxygen atoms in total. The minimum Gasteiger partial charge on any atom is -0.352 e. The maximum absolute atomic E-state index is 12.3. The number of nitrogens with one attached hydrogen (secondary N) is 1. The third-order valence-corrected chi connectivity index (χ3v) is 3.94. The Morgan fingerprint density at radius 2 is 1.96 bits per heavy atom. The molecule has 0 fully saturated rings. The molecule has 1 aliphatic rings. The molecule has 3 amide bonds. The van der Waals surface area contributed by atoms with Gasteiger partial charge in [-0.05, 0) is 17.7 Å². The fourth-order valence-corrected chi connectivity index (χ4v) is 2.60. The van der Waals surface area contributed by atoms with Crippen molar-refractivity contribution < 1.29 is 19.3 Å². The van der Waals surface area contributed by atoms with Crippen LogP contribution in [0.1, 0.15) is 32.7 Å². The molecule has 26 heavy (non-hydrogen) atoms. The zero-order chi connectivity index (χ0) is 18.7. The van der Waals surface area contributed by atoms with Crippen molar-refractivity contribution in [2.75, 3.05) is 6.54 Å². The number of hydrogen-bond donors (Lipinski definition) is 1. The number of hydrogen-bond acceptors (Lipinski definition) is 6. The molecule has 0 spiro atoms. The number of carbonyl (C=O) groups is 3. The van der Waals surface area contributed by atoms with E-state index in [4.69, 9.17) is 0 Å². The lowest BCUT2D eigenvalue weighted by Crippen LogP contribution is -2.34. The van der Waals surface area contributed by atoms with Crippen LogP contribution >= 0.6 is 0 Å². The van der Waals surface area contributed by atoms with E-state index in [-0.39, 0.29) is 35.7 Å². The van der Waals surface area contributed by atoms with Crippen LogP contribution in [0.5, 0.6) is 0 Å². The van der Waals surface area contributed by atoms with Gasteiger partial charge in [0.05, 0.1) is 16.1 Å². The Labute approximate surface area is 147 Å². The second kappa shape index (κ2) is 7.09. The molecule has 0 unspecified atom stereocenters. The second-order valence-electron chi connectivity index (χ2n) is 5.64. The zero-order valence-corrected chi connectivity index (χ0v) is 13.5. The van der Waals surface area contributed by atoms with Gasteiger partial charge in [-0.3, -0.25) is 34.4 Å². The molecule has 132 valence electrons. The van der Waals surface area contributed by atoms with Gasteiger partial charge in [0.15, 0.2) is 0 Å². The molecular weight excluding hydrogens is 340 g/mol. The highest BCUT2D eigenvalue weighted by Gasteiger charge is 2.36. The van der Waals surface area contributed by atoms with E-state index in [0.29, 0.717) is 6.54 Å². The van der Waals surface area contributed by atoms with Gasteiger partial charge in [-0.1, -0.05) is 6.07 Å². The molecule has 9 heteroatoms. The molecule has 2 heterocycles. The quantitative estimate of drug-likeness (QED) is 0.474. The number of non-ortho nitro benzene ring substituents is 1. The number of rotatable bonds is 6. The van der Waals surface area contributed by atoms with Crippen LogP contribution in [0.15, 0.2) is 42.7 Å². The van der Waals surface area contributed by atoms with E-state index in [0.717, 1.165) is 16.5 Å². The third-order valence-electron chi connectivity index (χ3n) is 3.94.